The van der Waals surface area contributed by atoms with Gasteiger partial charge in [-0.15, -0.1) is 0 Å². The summed E-state index contributed by atoms with van der Waals surface area (Å²) in [7, 11) is 0. The number of aliphatic hydroxyl groups excluding tert-OH is 1. The number of pyridine rings is 1. The first-order valence-corrected chi connectivity index (χ1v) is 5.40. The van der Waals surface area contributed by atoms with Gasteiger partial charge in [0.25, 0.3) is 0 Å². The highest BCUT2D eigenvalue weighted by atomic mass is 19.1. The second kappa shape index (κ2) is 5.71. The number of hydrogen-bond donors (Lipinski definition) is 1. The van der Waals surface area contributed by atoms with Crippen LogP contribution in [-0.4, -0.2) is 10.1 Å². The number of rotatable bonds is 4. The maximum Gasteiger partial charge on any atom is 0.198 e. The molecule has 1 N–H and O–H groups in total. The van der Waals surface area contributed by atoms with E-state index < -0.39 is 30.7 Å². The van der Waals surface area contributed by atoms with E-state index in [-0.39, 0.29) is 16.9 Å². The van der Waals surface area contributed by atoms with E-state index in [4.69, 9.17) is 9.84 Å². The van der Waals surface area contributed by atoms with E-state index in [1.165, 1.54) is 18.5 Å². The van der Waals surface area contributed by atoms with Gasteiger partial charge in [-0.3, -0.25) is 4.98 Å². The Morgan fingerprint density at radius 3 is 2.32 bits per heavy atom. The first-order chi connectivity index (χ1) is 9.13. The molecule has 100 valence electrons. The van der Waals surface area contributed by atoms with Gasteiger partial charge in [0.1, 0.15) is 12.4 Å². The highest BCUT2D eigenvalue weighted by Crippen LogP contribution is 2.28. The number of alkyl halides is 1. The van der Waals surface area contributed by atoms with Gasteiger partial charge in [-0.2, -0.15) is 0 Å². The lowest BCUT2D eigenvalue weighted by molar-refractivity contribution is 0.279. The molecular formula is C13H10F3NO2. The zero-order chi connectivity index (χ0) is 13.8. The third-order valence-electron chi connectivity index (χ3n) is 2.38. The first-order valence-electron chi connectivity index (χ1n) is 5.40. The minimum absolute atomic E-state index is 0.0321. The van der Waals surface area contributed by atoms with Crippen molar-refractivity contribution >= 4 is 0 Å². The molecule has 2 aromatic rings. The van der Waals surface area contributed by atoms with Gasteiger partial charge >= 0.3 is 0 Å². The van der Waals surface area contributed by atoms with E-state index in [1.807, 2.05) is 0 Å². The smallest absolute Gasteiger partial charge is 0.198 e. The first kappa shape index (κ1) is 13.4. The monoisotopic (exact) mass is 269 g/mol. The Kier molecular flexibility index (Phi) is 4.01. The van der Waals surface area contributed by atoms with E-state index in [1.54, 1.807) is 0 Å². The summed E-state index contributed by atoms with van der Waals surface area (Å²) >= 11 is 0. The molecule has 0 saturated heterocycles. The molecule has 0 aliphatic heterocycles. The van der Waals surface area contributed by atoms with Crippen LogP contribution in [0.4, 0.5) is 13.2 Å². The molecule has 1 aromatic heterocycles. The third-order valence-corrected chi connectivity index (χ3v) is 2.38. The lowest BCUT2D eigenvalue weighted by Crippen LogP contribution is -1.96. The van der Waals surface area contributed by atoms with Crippen LogP contribution < -0.4 is 4.74 Å². The summed E-state index contributed by atoms with van der Waals surface area (Å²) < 4.78 is 44.6. The molecule has 0 aliphatic rings. The van der Waals surface area contributed by atoms with Crippen molar-refractivity contribution in [2.45, 2.75) is 13.3 Å². The molecular weight excluding hydrogens is 259 g/mol. The van der Waals surface area contributed by atoms with E-state index >= 15 is 0 Å². The number of aliphatic hydroxyl groups is 1. The zero-order valence-electron chi connectivity index (χ0n) is 9.74. The normalized spacial score (nSPS) is 10.5. The van der Waals surface area contributed by atoms with Crippen LogP contribution in [0.1, 0.15) is 11.1 Å². The molecule has 1 heterocycles. The van der Waals surface area contributed by atoms with E-state index in [9.17, 15) is 13.2 Å². The summed E-state index contributed by atoms with van der Waals surface area (Å²) in [4.78, 5) is 3.69. The lowest BCUT2D eigenvalue weighted by Gasteiger charge is -2.09. The second-order valence-electron chi connectivity index (χ2n) is 3.81. The number of ether oxygens (including phenoxy) is 1. The molecule has 0 unspecified atom stereocenters. The van der Waals surface area contributed by atoms with E-state index in [0.717, 1.165) is 12.1 Å². The van der Waals surface area contributed by atoms with Crippen molar-refractivity contribution in [2.24, 2.45) is 0 Å². The molecule has 0 bridgehead atoms. The van der Waals surface area contributed by atoms with Crippen molar-refractivity contribution in [3.63, 3.8) is 0 Å². The van der Waals surface area contributed by atoms with Gasteiger partial charge < -0.3 is 9.84 Å². The fourth-order valence-corrected chi connectivity index (χ4v) is 1.51. The largest absolute Gasteiger partial charge is 0.450 e. The molecule has 0 radical (unpaired) electrons. The summed E-state index contributed by atoms with van der Waals surface area (Å²) in [6, 6.07) is 3.22. The molecule has 0 spiro atoms. The molecule has 0 aliphatic carbocycles. The molecule has 2 rings (SSSR count). The van der Waals surface area contributed by atoms with Gasteiger partial charge in [0.2, 0.25) is 0 Å². The topological polar surface area (TPSA) is 42.4 Å². The lowest BCUT2D eigenvalue weighted by atomic mass is 10.2. The van der Waals surface area contributed by atoms with Gasteiger partial charge in [-0.05, 0) is 23.8 Å². The molecule has 0 fully saturated rings. The van der Waals surface area contributed by atoms with E-state index in [0.29, 0.717) is 0 Å². The van der Waals surface area contributed by atoms with Gasteiger partial charge in [-0.25, -0.2) is 13.2 Å². The minimum atomic E-state index is -0.949. The number of aromatic nitrogens is 1. The Morgan fingerprint density at radius 2 is 1.74 bits per heavy atom. The number of halogens is 3. The van der Waals surface area contributed by atoms with Crippen molar-refractivity contribution in [1.29, 1.82) is 0 Å². The van der Waals surface area contributed by atoms with Crippen LogP contribution in [0.25, 0.3) is 0 Å². The van der Waals surface area contributed by atoms with E-state index in [2.05, 4.69) is 4.98 Å². The van der Waals surface area contributed by atoms with Crippen molar-refractivity contribution in [3.05, 3.63) is 53.4 Å². The predicted octanol–water partition coefficient (Wildman–Crippen LogP) is 3.11. The predicted molar refractivity (Wildman–Crippen MR) is 61.4 cm³/mol. The maximum absolute atomic E-state index is 13.6. The quantitative estimate of drug-likeness (QED) is 0.927. The highest BCUT2D eigenvalue weighted by molar-refractivity contribution is 5.35. The average Bonchev–Trinajstić information content (AvgIpc) is 2.42. The Hall–Kier alpha value is -2.08. The number of nitrogens with zero attached hydrogens (tertiary/aromatic N) is 1. The summed E-state index contributed by atoms with van der Waals surface area (Å²) in [5, 5.41) is 8.81. The zero-order valence-corrected chi connectivity index (χ0v) is 9.74. The van der Waals surface area contributed by atoms with Crippen molar-refractivity contribution in [2.75, 3.05) is 0 Å². The maximum atomic E-state index is 13.6. The van der Waals surface area contributed by atoms with Gasteiger partial charge in [-0.1, -0.05) is 0 Å². The van der Waals surface area contributed by atoms with Crippen LogP contribution in [0.5, 0.6) is 11.5 Å². The van der Waals surface area contributed by atoms with Crippen molar-refractivity contribution in [1.82, 2.24) is 4.98 Å². The fourth-order valence-electron chi connectivity index (χ4n) is 1.51. The Bertz CT molecular complexity index is 567. The van der Waals surface area contributed by atoms with Crippen LogP contribution in [-0.2, 0) is 13.3 Å². The standard InChI is InChI=1S/C13H10F3NO2/c14-4-9-1-10(6-17-5-9)19-13-11(15)2-8(7-18)3-12(13)16/h1-3,5-6,18H,4,7H2. The Labute approximate surface area is 107 Å². The van der Waals surface area contributed by atoms with Gasteiger partial charge in [0.15, 0.2) is 17.4 Å². The SMILES string of the molecule is OCc1cc(F)c(Oc2cncc(CF)c2)c(F)c1. The Balaban J connectivity index is 2.32. The van der Waals surface area contributed by atoms with Gasteiger partial charge in [0, 0.05) is 11.8 Å². The molecule has 19 heavy (non-hydrogen) atoms. The fraction of sp³-hybridized carbons (Fsp3) is 0.154. The van der Waals surface area contributed by atoms with Crippen molar-refractivity contribution < 1.29 is 23.0 Å². The number of benzene rings is 1. The number of hydrogen-bond acceptors (Lipinski definition) is 3. The van der Waals surface area contributed by atoms with Crippen LogP contribution >= 0.6 is 0 Å². The molecule has 3 nitrogen and oxygen atoms in total. The summed E-state index contributed by atoms with van der Waals surface area (Å²) in [5.74, 6) is -2.48. The Morgan fingerprint density at radius 1 is 1.05 bits per heavy atom. The van der Waals surface area contributed by atoms with Crippen molar-refractivity contribution in [3.8, 4) is 11.5 Å². The minimum Gasteiger partial charge on any atom is -0.450 e. The second-order valence-corrected chi connectivity index (χ2v) is 3.81. The summed E-state index contributed by atoms with van der Waals surface area (Å²) in [5.41, 5.74) is 0.336. The molecule has 0 atom stereocenters. The van der Waals surface area contributed by atoms with Crippen LogP contribution in [0.3, 0.4) is 0 Å². The highest BCUT2D eigenvalue weighted by Gasteiger charge is 2.14. The molecule has 0 amide bonds. The third kappa shape index (κ3) is 3.03. The van der Waals surface area contributed by atoms with Gasteiger partial charge in [0.05, 0.1) is 12.8 Å². The molecule has 0 saturated carbocycles. The van der Waals surface area contributed by atoms with Crippen LogP contribution in [0.2, 0.25) is 0 Å². The summed E-state index contributed by atoms with van der Waals surface area (Å²) in [6.07, 6.45) is 2.51. The molecule has 1 aromatic carbocycles. The van der Waals surface area contributed by atoms with Crippen LogP contribution in [0, 0.1) is 11.6 Å². The molecule has 6 heteroatoms. The average molecular weight is 269 g/mol. The summed E-state index contributed by atoms with van der Waals surface area (Å²) in [6.45, 7) is -1.23. The van der Waals surface area contributed by atoms with Crippen LogP contribution in [0.15, 0.2) is 30.6 Å².